The van der Waals surface area contributed by atoms with Crippen LogP contribution in [0.2, 0.25) is 0 Å². The SMILES string of the molecule is N#Cc1nc(-c2cccc3ccccc23)oc1NCC(c1ccco1)N1CCCCC1. The number of fused-ring (bicyclic) bond motifs is 1. The molecule has 0 radical (unpaired) electrons. The number of nitriles is 1. The van der Waals surface area contributed by atoms with Gasteiger partial charge in [-0.3, -0.25) is 4.90 Å². The van der Waals surface area contributed by atoms with Crippen LogP contribution in [0.4, 0.5) is 5.88 Å². The van der Waals surface area contributed by atoms with E-state index in [1.54, 1.807) is 6.26 Å². The van der Waals surface area contributed by atoms with Crippen molar-refractivity contribution in [3.63, 3.8) is 0 Å². The van der Waals surface area contributed by atoms with E-state index in [0.29, 0.717) is 18.3 Å². The molecule has 1 aliphatic heterocycles. The first-order valence-corrected chi connectivity index (χ1v) is 10.7. The number of benzene rings is 2. The maximum Gasteiger partial charge on any atom is 0.232 e. The first kappa shape index (κ1) is 19.4. The molecule has 3 heterocycles. The Morgan fingerprint density at radius 1 is 1.03 bits per heavy atom. The molecule has 1 fully saturated rings. The van der Waals surface area contributed by atoms with Gasteiger partial charge in [-0.2, -0.15) is 10.2 Å². The number of nitrogens with one attached hydrogen (secondary N) is 1. The van der Waals surface area contributed by atoms with Gasteiger partial charge in [0.2, 0.25) is 17.5 Å². The maximum absolute atomic E-state index is 9.65. The molecular formula is C25H24N4O2. The van der Waals surface area contributed by atoms with Crippen LogP contribution in [-0.2, 0) is 0 Å². The third-order valence-electron chi connectivity index (χ3n) is 5.91. The standard InChI is InChI=1S/C25H24N4O2/c26-16-21-25(27-17-22(23-12-7-15-30-23)29-13-4-1-5-14-29)31-24(28-21)20-11-6-9-18-8-2-3-10-19(18)20/h2-3,6-12,15,22,27H,1,4-5,13-14,17H2. The number of oxazole rings is 1. The van der Waals surface area contributed by atoms with Gasteiger partial charge in [-0.15, -0.1) is 0 Å². The molecule has 1 unspecified atom stereocenters. The van der Waals surface area contributed by atoms with E-state index in [4.69, 9.17) is 8.83 Å². The highest BCUT2D eigenvalue weighted by atomic mass is 16.4. The summed E-state index contributed by atoms with van der Waals surface area (Å²) in [5.74, 6) is 1.77. The molecule has 5 rings (SSSR count). The van der Waals surface area contributed by atoms with Crippen molar-refractivity contribution >= 4 is 16.7 Å². The summed E-state index contributed by atoms with van der Waals surface area (Å²) in [6.45, 7) is 2.65. The Hall–Kier alpha value is -3.56. The second kappa shape index (κ2) is 8.66. The molecule has 0 spiro atoms. The van der Waals surface area contributed by atoms with Gasteiger partial charge in [0.25, 0.3) is 0 Å². The van der Waals surface area contributed by atoms with E-state index in [2.05, 4.69) is 33.4 Å². The third kappa shape index (κ3) is 3.92. The summed E-state index contributed by atoms with van der Waals surface area (Å²) < 4.78 is 11.8. The predicted octanol–water partition coefficient (Wildman–Crippen LogP) is 5.60. The topological polar surface area (TPSA) is 78.2 Å². The van der Waals surface area contributed by atoms with E-state index in [1.165, 1.54) is 19.3 Å². The molecule has 4 aromatic rings. The average molecular weight is 412 g/mol. The van der Waals surface area contributed by atoms with Crippen LogP contribution in [0.15, 0.2) is 69.7 Å². The highest BCUT2D eigenvalue weighted by molar-refractivity contribution is 5.94. The number of piperidine rings is 1. The Bertz CT molecular complexity index is 1190. The third-order valence-corrected chi connectivity index (χ3v) is 5.91. The van der Waals surface area contributed by atoms with Gasteiger partial charge >= 0.3 is 0 Å². The van der Waals surface area contributed by atoms with Crippen molar-refractivity contribution in [2.45, 2.75) is 25.3 Å². The number of hydrogen-bond acceptors (Lipinski definition) is 6. The number of anilines is 1. The first-order chi connectivity index (χ1) is 15.3. The summed E-state index contributed by atoms with van der Waals surface area (Å²) in [4.78, 5) is 6.91. The highest BCUT2D eigenvalue weighted by Crippen LogP contribution is 2.32. The normalized spacial score (nSPS) is 15.6. The Morgan fingerprint density at radius 2 is 1.87 bits per heavy atom. The minimum absolute atomic E-state index is 0.0768. The summed E-state index contributed by atoms with van der Waals surface area (Å²) in [7, 11) is 0. The highest BCUT2D eigenvalue weighted by Gasteiger charge is 2.25. The molecule has 2 aromatic heterocycles. The van der Waals surface area contributed by atoms with E-state index in [0.717, 1.165) is 35.2 Å². The molecule has 6 heteroatoms. The summed E-state index contributed by atoms with van der Waals surface area (Å²) in [6, 6.07) is 20.3. The van der Waals surface area contributed by atoms with Crippen LogP contribution in [-0.4, -0.2) is 29.5 Å². The second-order valence-corrected chi connectivity index (χ2v) is 7.84. The number of likely N-dealkylation sites (tertiary alicyclic amines) is 1. The first-order valence-electron chi connectivity index (χ1n) is 10.7. The zero-order chi connectivity index (χ0) is 21.0. The second-order valence-electron chi connectivity index (χ2n) is 7.84. The van der Waals surface area contributed by atoms with Gasteiger partial charge < -0.3 is 14.2 Å². The van der Waals surface area contributed by atoms with Crippen molar-refractivity contribution in [2.24, 2.45) is 0 Å². The number of furan rings is 1. The Balaban J connectivity index is 1.43. The van der Waals surface area contributed by atoms with E-state index >= 15 is 0 Å². The van der Waals surface area contributed by atoms with Crippen LogP contribution in [0, 0.1) is 11.3 Å². The number of rotatable bonds is 6. The molecule has 156 valence electrons. The predicted molar refractivity (Wildman–Crippen MR) is 120 cm³/mol. The lowest BCUT2D eigenvalue weighted by molar-refractivity contribution is 0.152. The van der Waals surface area contributed by atoms with Crippen molar-refractivity contribution in [1.29, 1.82) is 5.26 Å². The van der Waals surface area contributed by atoms with Crippen molar-refractivity contribution in [1.82, 2.24) is 9.88 Å². The van der Waals surface area contributed by atoms with Crippen LogP contribution < -0.4 is 5.32 Å². The summed E-state index contributed by atoms with van der Waals surface area (Å²) in [5, 5.41) is 15.1. The summed E-state index contributed by atoms with van der Waals surface area (Å²) in [5.41, 5.74) is 1.14. The fourth-order valence-electron chi connectivity index (χ4n) is 4.35. The van der Waals surface area contributed by atoms with E-state index in [-0.39, 0.29) is 11.7 Å². The van der Waals surface area contributed by atoms with Crippen LogP contribution in [0.25, 0.3) is 22.2 Å². The monoisotopic (exact) mass is 412 g/mol. The molecule has 1 aliphatic rings. The van der Waals surface area contributed by atoms with Gasteiger partial charge in [-0.1, -0.05) is 42.8 Å². The van der Waals surface area contributed by atoms with E-state index in [9.17, 15) is 5.26 Å². The van der Waals surface area contributed by atoms with Gasteiger partial charge in [-0.25, -0.2) is 0 Å². The number of aromatic nitrogens is 1. The van der Waals surface area contributed by atoms with Gasteiger partial charge in [0.05, 0.1) is 12.3 Å². The molecule has 0 saturated carbocycles. The largest absolute Gasteiger partial charge is 0.468 e. The molecular weight excluding hydrogens is 388 g/mol. The van der Waals surface area contributed by atoms with E-state index in [1.807, 2.05) is 42.5 Å². The van der Waals surface area contributed by atoms with Crippen LogP contribution >= 0.6 is 0 Å². The van der Waals surface area contributed by atoms with Crippen molar-refractivity contribution in [3.05, 3.63) is 72.3 Å². The quantitative estimate of drug-likeness (QED) is 0.444. The molecule has 2 aromatic carbocycles. The minimum atomic E-state index is 0.0768. The van der Waals surface area contributed by atoms with Gasteiger partial charge in [0, 0.05) is 12.1 Å². The lowest BCUT2D eigenvalue weighted by atomic mass is 10.0. The summed E-state index contributed by atoms with van der Waals surface area (Å²) >= 11 is 0. The van der Waals surface area contributed by atoms with Crippen LogP contribution in [0.5, 0.6) is 0 Å². The molecule has 1 atom stereocenters. The zero-order valence-electron chi connectivity index (χ0n) is 17.3. The maximum atomic E-state index is 9.65. The Kier molecular flexibility index (Phi) is 5.42. The van der Waals surface area contributed by atoms with Gasteiger partial charge in [0.15, 0.2) is 0 Å². The Morgan fingerprint density at radius 3 is 2.68 bits per heavy atom. The van der Waals surface area contributed by atoms with Crippen LogP contribution in [0.3, 0.4) is 0 Å². The molecule has 0 amide bonds. The number of hydrogen-bond donors (Lipinski definition) is 1. The smallest absolute Gasteiger partial charge is 0.232 e. The lowest BCUT2D eigenvalue weighted by Gasteiger charge is -2.33. The molecule has 0 aliphatic carbocycles. The molecule has 0 bridgehead atoms. The van der Waals surface area contributed by atoms with Crippen LogP contribution in [0.1, 0.15) is 36.8 Å². The van der Waals surface area contributed by atoms with E-state index < -0.39 is 0 Å². The van der Waals surface area contributed by atoms with Gasteiger partial charge in [0.1, 0.15) is 11.8 Å². The number of nitrogens with zero attached hydrogens (tertiary/aromatic N) is 3. The molecule has 1 N–H and O–H groups in total. The zero-order valence-corrected chi connectivity index (χ0v) is 17.3. The van der Waals surface area contributed by atoms with Crippen molar-refractivity contribution in [2.75, 3.05) is 25.0 Å². The van der Waals surface area contributed by atoms with Gasteiger partial charge in [-0.05, 0) is 54.9 Å². The fraction of sp³-hybridized carbons (Fsp3) is 0.280. The fourth-order valence-corrected chi connectivity index (χ4v) is 4.35. The molecule has 31 heavy (non-hydrogen) atoms. The molecule has 1 saturated heterocycles. The Labute approximate surface area is 181 Å². The lowest BCUT2D eigenvalue weighted by Crippen LogP contribution is -2.37. The van der Waals surface area contributed by atoms with Crippen molar-refractivity contribution in [3.8, 4) is 17.5 Å². The minimum Gasteiger partial charge on any atom is -0.468 e. The average Bonchev–Trinajstić information content (AvgIpc) is 3.50. The molecule has 6 nitrogen and oxygen atoms in total. The summed E-state index contributed by atoms with van der Waals surface area (Å²) in [6.07, 6.45) is 5.35. The van der Waals surface area contributed by atoms with Crippen molar-refractivity contribution < 1.29 is 8.83 Å².